The molecule has 2 aromatic heterocycles. The first-order chi connectivity index (χ1) is 10.6. The summed E-state index contributed by atoms with van der Waals surface area (Å²) in [6.45, 7) is 2.39. The molecule has 0 bridgehead atoms. The summed E-state index contributed by atoms with van der Waals surface area (Å²) < 4.78 is 22.9. The molecular formula is C15H20N4O2S. The van der Waals surface area contributed by atoms with Gasteiger partial charge in [-0.25, -0.2) is 18.4 Å². The summed E-state index contributed by atoms with van der Waals surface area (Å²) in [6, 6.07) is 1.98. The van der Waals surface area contributed by atoms with Gasteiger partial charge >= 0.3 is 0 Å². The van der Waals surface area contributed by atoms with Crippen LogP contribution in [-0.4, -0.2) is 59.4 Å². The van der Waals surface area contributed by atoms with E-state index in [0.29, 0.717) is 36.4 Å². The minimum absolute atomic E-state index is 0.315. The van der Waals surface area contributed by atoms with Gasteiger partial charge in [0.25, 0.3) is 0 Å². The molecule has 1 N–H and O–H groups in total. The molecule has 3 heterocycles. The Balaban J connectivity index is 1.32. The number of hydrogen-bond donors (Lipinski definition) is 1. The summed E-state index contributed by atoms with van der Waals surface area (Å²) in [4.78, 5) is 14.5. The van der Waals surface area contributed by atoms with Crippen LogP contribution in [0, 0.1) is 5.92 Å². The zero-order valence-corrected chi connectivity index (χ0v) is 13.2. The normalized spacial score (nSPS) is 28.5. The summed E-state index contributed by atoms with van der Waals surface area (Å²) in [6.07, 6.45) is 5.99. The van der Waals surface area contributed by atoms with Gasteiger partial charge in [-0.1, -0.05) is 0 Å². The minimum atomic E-state index is -2.77. The highest BCUT2D eigenvalue weighted by atomic mass is 32.2. The number of rotatable bonds is 3. The monoisotopic (exact) mass is 320 g/mol. The molecule has 1 saturated carbocycles. The number of aromatic nitrogens is 3. The van der Waals surface area contributed by atoms with Crippen LogP contribution in [0.5, 0.6) is 0 Å². The second kappa shape index (κ2) is 5.31. The van der Waals surface area contributed by atoms with Gasteiger partial charge in [0.2, 0.25) is 0 Å². The lowest BCUT2D eigenvalue weighted by atomic mass is 9.74. The molecule has 1 aliphatic carbocycles. The standard InChI is InChI=1S/C15H20N4O2S/c20-22(21)5-3-19(4-6-22)10-11-7-13(8-11)15-17-9-12-1-2-16-14(12)18-15/h1-2,9,11,13H,3-8,10H2,(H,16,17,18). The third kappa shape index (κ3) is 2.75. The molecule has 118 valence electrons. The maximum atomic E-state index is 11.4. The summed E-state index contributed by atoms with van der Waals surface area (Å²) in [5, 5.41) is 1.05. The molecule has 0 amide bonds. The summed E-state index contributed by atoms with van der Waals surface area (Å²) in [5.74, 6) is 2.67. The van der Waals surface area contributed by atoms with Crippen molar-refractivity contribution in [2.45, 2.75) is 18.8 Å². The molecule has 0 radical (unpaired) electrons. The quantitative estimate of drug-likeness (QED) is 0.919. The van der Waals surface area contributed by atoms with Crippen molar-refractivity contribution in [3.05, 3.63) is 24.3 Å². The molecular weight excluding hydrogens is 300 g/mol. The van der Waals surface area contributed by atoms with E-state index in [1.807, 2.05) is 18.5 Å². The highest BCUT2D eigenvalue weighted by molar-refractivity contribution is 7.91. The zero-order chi connectivity index (χ0) is 15.2. The Labute approximate surface area is 129 Å². The van der Waals surface area contributed by atoms with Crippen LogP contribution in [-0.2, 0) is 9.84 Å². The largest absolute Gasteiger partial charge is 0.346 e. The van der Waals surface area contributed by atoms with E-state index >= 15 is 0 Å². The molecule has 4 rings (SSSR count). The third-order valence-corrected chi connectivity index (χ3v) is 6.48. The summed E-state index contributed by atoms with van der Waals surface area (Å²) >= 11 is 0. The van der Waals surface area contributed by atoms with Crippen LogP contribution in [0.2, 0.25) is 0 Å². The van der Waals surface area contributed by atoms with Crippen molar-refractivity contribution in [1.82, 2.24) is 19.9 Å². The molecule has 2 aromatic rings. The first-order valence-corrected chi connectivity index (χ1v) is 9.64. The van der Waals surface area contributed by atoms with Crippen molar-refractivity contribution in [3.63, 3.8) is 0 Å². The highest BCUT2D eigenvalue weighted by Crippen LogP contribution is 2.40. The molecule has 1 saturated heterocycles. The van der Waals surface area contributed by atoms with E-state index in [-0.39, 0.29) is 0 Å². The smallest absolute Gasteiger partial charge is 0.152 e. The Morgan fingerprint density at radius 3 is 2.82 bits per heavy atom. The Kier molecular flexibility index (Phi) is 3.41. The molecule has 0 unspecified atom stereocenters. The maximum absolute atomic E-state index is 11.4. The van der Waals surface area contributed by atoms with Crippen LogP contribution >= 0.6 is 0 Å². The van der Waals surface area contributed by atoms with E-state index in [1.54, 1.807) is 0 Å². The maximum Gasteiger partial charge on any atom is 0.152 e. The lowest BCUT2D eigenvalue weighted by Crippen LogP contribution is -2.44. The fourth-order valence-corrected chi connectivity index (χ4v) is 4.72. The predicted octanol–water partition coefficient (Wildman–Crippen LogP) is 1.18. The van der Waals surface area contributed by atoms with E-state index in [4.69, 9.17) is 0 Å². The van der Waals surface area contributed by atoms with Gasteiger partial charge in [-0.15, -0.1) is 0 Å². The average Bonchev–Trinajstić information content (AvgIpc) is 2.91. The fourth-order valence-electron chi connectivity index (χ4n) is 3.44. The second-order valence-electron chi connectivity index (χ2n) is 6.50. The first-order valence-electron chi connectivity index (χ1n) is 7.82. The van der Waals surface area contributed by atoms with Gasteiger partial charge in [-0.3, -0.25) is 0 Å². The van der Waals surface area contributed by atoms with Crippen LogP contribution in [0.4, 0.5) is 0 Å². The number of fused-ring (bicyclic) bond motifs is 1. The Bertz CT molecular complexity index is 766. The molecule has 6 nitrogen and oxygen atoms in total. The van der Waals surface area contributed by atoms with E-state index in [2.05, 4.69) is 19.9 Å². The fraction of sp³-hybridized carbons (Fsp3) is 0.600. The molecule has 0 aromatic carbocycles. The van der Waals surface area contributed by atoms with Crippen molar-refractivity contribution in [1.29, 1.82) is 0 Å². The first kappa shape index (κ1) is 14.1. The lowest BCUT2D eigenvalue weighted by Gasteiger charge is -2.38. The van der Waals surface area contributed by atoms with Crippen molar-refractivity contribution in [2.75, 3.05) is 31.1 Å². The molecule has 2 aliphatic rings. The van der Waals surface area contributed by atoms with Gasteiger partial charge < -0.3 is 9.88 Å². The van der Waals surface area contributed by atoms with Gasteiger partial charge in [-0.05, 0) is 24.8 Å². The van der Waals surface area contributed by atoms with E-state index in [9.17, 15) is 8.42 Å². The van der Waals surface area contributed by atoms with Crippen LogP contribution in [0.15, 0.2) is 18.5 Å². The number of hydrogen-bond acceptors (Lipinski definition) is 5. The molecule has 2 fully saturated rings. The molecule has 7 heteroatoms. The molecule has 1 aliphatic heterocycles. The van der Waals surface area contributed by atoms with Gasteiger partial charge in [0.15, 0.2) is 9.84 Å². The number of nitrogens with one attached hydrogen (secondary N) is 1. The van der Waals surface area contributed by atoms with E-state index < -0.39 is 9.84 Å². The van der Waals surface area contributed by atoms with Gasteiger partial charge in [0, 0.05) is 43.3 Å². The Hall–Kier alpha value is -1.47. The van der Waals surface area contributed by atoms with E-state index in [1.165, 1.54) is 0 Å². The number of aromatic amines is 1. The highest BCUT2D eigenvalue weighted by Gasteiger charge is 2.34. The number of nitrogens with zero attached hydrogens (tertiary/aromatic N) is 3. The minimum Gasteiger partial charge on any atom is -0.346 e. The van der Waals surface area contributed by atoms with Crippen LogP contribution in [0.1, 0.15) is 24.6 Å². The summed E-state index contributed by atoms with van der Waals surface area (Å²) in [7, 11) is -2.77. The van der Waals surface area contributed by atoms with Gasteiger partial charge in [0.05, 0.1) is 11.5 Å². The average molecular weight is 320 g/mol. The van der Waals surface area contributed by atoms with Crippen molar-refractivity contribution in [2.24, 2.45) is 5.92 Å². The van der Waals surface area contributed by atoms with Crippen LogP contribution in [0.3, 0.4) is 0 Å². The third-order valence-electron chi connectivity index (χ3n) is 4.87. The molecule has 0 atom stereocenters. The summed E-state index contributed by atoms with van der Waals surface area (Å²) in [5.41, 5.74) is 0.912. The SMILES string of the molecule is O=S1(=O)CCN(CC2CC(c3ncc4cc[nH]c4n3)C2)CC1. The van der Waals surface area contributed by atoms with Gasteiger partial charge in [-0.2, -0.15) is 0 Å². The Morgan fingerprint density at radius 2 is 2.05 bits per heavy atom. The molecule has 0 spiro atoms. The number of sulfone groups is 1. The molecule has 22 heavy (non-hydrogen) atoms. The van der Waals surface area contributed by atoms with Crippen molar-refractivity contribution in [3.8, 4) is 0 Å². The van der Waals surface area contributed by atoms with Crippen LogP contribution < -0.4 is 0 Å². The van der Waals surface area contributed by atoms with Crippen molar-refractivity contribution < 1.29 is 8.42 Å². The van der Waals surface area contributed by atoms with Crippen molar-refractivity contribution >= 4 is 20.9 Å². The van der Waals surface area contributed by atoms with Gasteiger partial charge in [0.1, 0.15) is 11.5 Å². The zero-order valence-electron chi connectivity index (χ0n) is 12.4. The van der Waals surface area contributed by atoms with E-state index in [0.717, 1.165) is 36.2 Å². The lowest BCUT2D eigenvalue weighted by molar-refractivity contribution is 0.163. The topological polar surface area (TPSA) is 79.0 Å². The number of H-pyrrole nitrogens is 1. The predicted molar refractivity (Wildman–Crippen MR) is 84.4 cm³/mol. The van der Waals surface area contributed by atoms with Crippen LogP contribution in [0.25, 0.3) is 11.0 Å². The second-order valence-corrected chi connectivity index (χ2v) is 8.80. The Morgan fingerprint density at radius 1 is 1.27 bits per heavy atom.